The Morgan fingerprint density at radius 1 is 0.960 bits per heavy atom. The van der Waals surface area contributed by atoms with Crippen LogP contribution in [-0.4, -0.2) is 55.5 Å². The first-order chi connectivity index (χ1) is 12.2. The largest absolute Gasteiger partial charge is 0.497 e. The summed E-state index contributed by atoms with van der Waals surface area (Å²) in [6.07, 6.45) is 0. The second-order valence-electron chi connectivity index (χ2n) is 6.31. The normalized spacial score (nSPS) is 15.7. The molecule has 1 N–H and O–H groups in total. The Morgan fingerprint density at radius 2 is 1.60 bits per heavy atom. The average Bonchev–Trinajstić information content (AvgIpc) is 2.65. The van der Waals surface area contributed by atoms with Gasteiger partial charge < -0.3 is 10.1 Å². The maximum Gasteiger partial charge on any atom is 0.238 e. The molecule has 3 rings (SSSR count). The number of para-hydroxylation sites is 1. The van der Waals surface area contributed by atoms with E-state index in [4.69, 9.17) is 4.74 Å². The van der Waals surface area contributed by atoms with Gasteiger partial charge in [-0.1, -0.05) is 30.3 Å². The molecule has 0 spiro atoms. The molecule has 5 heteroatoms. The second-order valence-corrected chi connectivity index (χ2v) is 6.31. The maximum atomic E-state index is 12.1. The standard InChI is InChI=1S/C20H25N3O2/c1-25-19-9-7-17(8-10-19)15-22-11-13-23(14-12-22)16-20(24)21-18-5-3-2-4-6-18/h2-10H,11-16H2,1H3,(H,21,24). The number of amides is 1. The molecule has 1 saturated heterocycles. The SMILES string of the molecule is COc1ccc(CN2CCN(CC(=O)Nc3ccccc3)CC2)cc1. The summed E-state index contributed by atoms with van der Waals surface area (Å²) >= 11 is 0. The highest BCUT2D eigenvalue weighted by atomic mass is 16.5. The third-order valence-corrected chi connectivity index (χ3v) is 4.45. The highest BCUT2D eigenvalue weighted by molar-refractivity contribution is 5.92. The minimum Gasteiger partial charge on any atom is -0.497 e. The van der Waals surface area contributed by atoms with Crippen molar-refractivity contribution in [1.82, 2.24) is 9.80 Å². The third kappa shape index (κ3) is 5.31. The summed E-state index contributed by atoms with van der Waals surface area (Å²) in [6, 6.07) is 17.8. The van der Waals surface area contributed by atoms with Gasteiger partial charge in [0.1, 0.15) is 5.75 Å². The smallest absolute Gasteiger partial charge is 0.238 e. The monoisotopic (exact) mass is 339 g/mol. The average molecular weight is 339 g/mol. The van der Waals surface area contributed by atoms with E-state index in [1.807, 2.05) is 42.5 Å². The topological polar surface area (TPSA) is 44.8 Å². The summed E-state index contributed by atoms with van der Waals surface area (Å²) in [5.74, 6) is 0.938. The minimum atomic E-state index is 0.0507. The number of hydrogen-bond donors (Lipinski definition) is 1. The van der Waals surface area contributed by atoms with Crippen molar-refractivity contribution in [3.8, 4) is 5.75 Å². The van der Waals surface area contributed by atoms with E-state index >= 15 is 0 Å². The number of hydrogen-bond acceptors (Lipinski definition) is 4. The Morgan fingerprint density at radius 3 is 2.24 bits per heavy atom. The van der Waals surface area contributed by atoms with Crippen molar-refractivity contribution in [3.63, 3.8) is 0 Å². The fourth-order valence-corrected chi connectivity index (χ4v) is 3.02. The zero-order valence-corrected chi connectivity index (χ0v) is 14.6. The number of benzene rings is 2. The lowest BCUT2D eigenvalue weighted by molar-refractivity contribution is -0.117. The molecule has 0 radical (unpaired) electrons. The van der Waals surface area contributed by atoms with Gasteiger partial charge in [-0.15, -0.1) is 0 Å². The van der Waals surface area contributed by atoms with Gasteiger partial charge in [-0.05, 0) is 29.8 Å². The van der Waals surface area contributed by atoms with E-state index in [0.29, 0.717) is 6.54 Å². The van der Waals surface area contributed by atoms with Gasteiger partial charge in [-0.25, -0.2) is 0 Å². The van der Waals surface area contributed by atoms with Crippen LogP contribution < -0.4 is 10.1 Å². The van der Waals surface area contributed by atoms with Crippen molar-refractivity contribution in [2.45, 2.75) is 6.54 Å². The number of carbonyl (C=O) groups is 1. The molecule has 25 heavy (non-hydrogen) atoms. The van der Waals surface area contributed by atoms with Crippen molar-refractivity contribution < 1.29 is 9.53 Å². The number of methoxy groups -OCH3 is 1. The summed E-state index contributed by atoms with van der Waals surface area (Å²) in [4.78, 5) is 16.8. The van der Waals surface area contributed by atoms with E-state index in [1.54, 1.807) is 7.11 Å². The molecule has 1 aliphatic rings. The predicted molar refractivity (Wildman–Crippen MR) is 99.8 cm³/mol. The highest BCUT2D eigenvalue weighted by Gasteiger charge is 2.19. The van der Waals surface area contributed by atoms with Gasteiger partial charge in [0, 0.05) is 38.4 Å². The fourth-order valence-electron chi connectivity index (χ4n) is 3.02. The van der Waals surface area contributed by atoms with Gasteiger partial charge in [0.05, 0.1) is 13.7 Å². The summed E-state index contributed by atoms with van der Waals surface area (Å²) < 4.78 is 5.19. The van der Waals surface area contributed by atoms with Crippen molar-refractivity contribution >= 4 is 11.6 Å². The molecule has 1 amide bonds. The summed E-state index contributed by atoms with van der Waals surface area (Å²) in [6.45, 7) is 5.17. The first-order valence-electron chi connectivity index (χ1n) is 8.65. The lowest BCUT2D eigenvalue weighted by Crippen LogP contribution is -2.48. The first kappa shape index (κ1) is 17.5. The van der Waals surface area contributed by atoms with Crippen LogP contribution in [0.2, 0.25) is 0 Å². The number of anilines is 1. The van der Waals surface area contributed by atoms with E-state index in [-0.39, 0.29) is 5.91 Å². The van der Waals surface area contributed by atoms with Gasteiger partial charge in [0.25, 0.3) is 0 Å². The number of ether oxygens (including phenoxy) is 1. The van der Waals surface area contributed by atoms with E-state index in [0.717, 1.165) is 44.2 Å². The van der Waals surface area contributed by atoms with Crippen LogP contribution in [0.3, 0.4) is 0 Å². The van der Waals surface area contributed by atoms with Gasteiger partial charge in [0.15, 0.2) is 0 Å². The van der Waals surface area contributed by atoms with Crippen molar-refractivity contribution in [2.24, 2.45) is 0 Å². The van der Waals surface area contributed by atoms with E-state index in [2.05, 4.69) is 27.2 Å². The molecule has 132 valence electrons. The van der Waals surface area contributed by atoms with Crippen molar-refractivity contribution in [1.29, 1.82) is 0 Å². The molecule has 1 heterocycles. The predicted octanol–water partition coefficient (Wildman–Crippen LogP) is 2.45. The van der Waals surface area contributed by atoms with Crippen LogP contribution in [0.1, 0.15) is 5.56 Å². The molecule has 2 aromatic carbocycles. The summed E-state index contributed by atoms with van der Waals surface area (Å²) in [7, 11) is 1.68. The summed E-state index contributed by atoms with van der Waals surface area (Å²) in [5.41, 5.74) is 2.14. The van der Waals surface area contributed by atoms with E-state index in [1.165, 1.54) is 5.56 Å². The lowest BCUT2D eigenvalue weighted by Gasteiger charge is -2.34. The van der Waals surface area contributed by atoms with E-state index < -0.39 is 0 Å². The minimum absolute atomic E-state index is 0.0507. The van der Waals surface area contributed by atoms with Crippen LogP contribution in [0.5, 0.6) is 5.75 Å². The molecule has 1 aliphatic heterocycles. The van der Waals surface area contributed by atoms with Crippen molar-refractivity contribution in [3.05, 3.63) is 60.2 Å². The van der Waals surface area contributed by atoms with Crippen molar-refractivity contribution in [2.75, 3.05) is 45.2 Å². The molecule has 0 aliphatic carbocycles. The Bertz CT molecular complexity index is 665. The zero-order chi connectivity index (χ0) is 17.5. The van der Waals surface area contributed by atoms with Crippen LogP contribution >= 0.6 is 0 Å². The number of nitrogens with one attached hydrogen (secondary N) is 1. The summed E-state index contributed by atoms with van der Waals surface area (Å²) in [5, 5.41) is 2.94. The number of rotatable bonds is 6. The van der Waals surface area contributed by atoms with E-state index in [9.17, 15) is 4.79 Å². The zero-order valence-electron chi connectivity index (χ0n) is 14.6. The Labute approximate surface area is 149 Å². The van der Waals surface area contributed by atoms with Gasteiger partial charge in [-0.2, -0.15) is 0 Å². The molecule has 2 aromatic rings. The Balaban J connectivity index is 1.41. The number of nitrogens with zero attached hydrogens (tertiary/aromatic N) is 2. The Hall–Kier alpha value is -2.37. The molecule has 0 bridgehead atoms. The van der Waals surface area contributed by atoms with Crippen LogP contribution in [0.25, 0.3) is 0 Å². The molecule has 0 aromatic heterocycles. The van der Waals surface area contributed by atoms with Crippen LogP contribution in [0, 0.1) is 0 Å². The lowest BCUT2D eigenvalue weighted by atomic mass is 10.2. The van der Waals surface area contributed by atoms with Crippen LogP contribution in [0.15, 0.2) is 54.6 Å². The number of piperazine rings is 1. The van der Waals surface area contributed by atoms with Gasteiger partial charge >= 0.3 is 0 Å². The Kier molecular flexibility index (Phi) is 6.04. The fraction of sp³-hybridized carbons (Fsp3) is 0.350. The maximum absolute atomic E-state index is 12.1. The van der Waals surface area contributed by atoms with Gasteiger partial charge in [0.2, 0.25) is 5.91 Å². The third-order valence-electron chi connectivity index (χ3n) is 4.45. The second kappa shape index (κ2) is 8.65. The molecule has 0 saturated carbocycles. The molecule has 1 fully saturated rings. The molecular formula is C20H25N3O2. The van der Waals surface area contributed by atoms with Crippen LogP contribution in [0.4, 0.5) is 5.69 Å². The number of carbonyl (C=O) groups excluding carboxylic acids is 1. The molecular weight excluding hydrogens is 314 g/mol. The van der Waals surface area contributed by atoms with Crippen LogP contribution in [-0.2, 0) is 11.3 Å². The quantitative estimate of drug-likeness (QED) is 0.878. The molecule has 0 unspecified atom stereocenters. The van der Waals surface area contributed by atoms with Gasteiger partial charge in [-0.3, -0.25) is 14.6 Å². The molecule has 0 atom stereocenters. The first-order valence-corrected chi connectivity index (χ1v) is 8.65. The molecule has 5 nitrogen and oxygen atoms in total. The highest BCUT2D eigenvalue weighted by Crippen LogP contribution is 2.14.